The molecule has 0 bridgehead atoms. The van der Waals surface area contributed by atoms with Crippen LogP contribution in [-0.4, -0.2) is 46.4 Å². The summed E-state index contributed by atoms with van der Waals surface area (Å²) in [7, 11) is -1.85. The summed E-state index contributed by atoms with van der Waals surface area (Å²) in [5.41, 5.74) is 0. The molecule has 0 radical (unpaired) electrons. The molecule has 2 rings (SSSR count). The second-order valence-corrected chi connectivity index (χ2v) is 7.58. The zero-order valence-electron chi connectivity index (χ0n) is 13.8. The van der Waals surface area contributed by atoms with Gasteiger partial charge in [0.15, 0.2) is 18.1 Å². The van der Waals surface area contributed by atoms with Crippen LogP contribution in [0.1, 0.15) is 25.7 Å². The predicted molar refractivity (Wildman–Crippen MR) is 90.7 cm³/mol. The van der Waals surface area contributed by atoms with Gasteiger partial charge in [-0.05, 0) is 25.0 Å². The second kappa shape index (κ2) is 8.89. The topological polar surface area (TPSA) is 93.7 Å². The summed E-state index contributed by atoms with van der Waals surface area (Å²) in [5, 5.41) is 2.55. The normalized spacial score (nSPS) is 15.2. The maximum atomic E-state index is 11.9. The molecule has 0 aromatic heterocycles. The molecule has 0 heterocycles. The molecule has 1 aliphatic carbocycles. The second-order valence-electron chi connectivity index (χ2n) is 5.71. The predicted octanol–water partition coefficient (Wildman–Crippen LogP) is 1.05. The molecular formula is C16H24N2O5S. The Balaban J connectivity index is 1.69. The summed E-state index contributed by atoms with van der Waals surface area (Å²) in [5.74, 6) is 0.487. The molecule has 0 atom stereocenters. The number of benzene rings is 1. The summed E-state index contributed by atoms with van der Waals surface area (Å²) < 4.78 is 37.0. The average Bonchev–Trinajstić information content (AvgIpc) is 3.05. The number of rotatable bonds is 9. The van der Waals surface area contributed by atoms with Crippen molar-refractivity contribution < 1.29 is 22.7 Å². The minimum absolute atomic E-state index is 0.0413. The van der Waals surface area contributed by atoms with Crippen molar-refractivity contribution in [3.63, 3.8) is 0 Å². The first-order chi connectivity index (χ1) is 11.5. The number of sulfonamides is 1. The van der Waals surface area contributed by atoms with Gasteiger partial charge in [-0.3, -0.25) is 4.79 Å². The van der Waals surface area contributed by atoms with Gasteiger partial charge in [-0.15, -0.1) is 0 Å². The molecule has 2 N–H and O–H groups in total. The molecule has 1 saturated carbocycles. The molecule has 1 aromatic rings. The molecular weight excluding hydrogens is 332 g/mol. The lowest BCUT2D eigenvalue weighted by atomic mass is 10.3. The van der Waals surface area contributed by atoms with E-state index in [1.165, 1.54) is 7.11 Å². The summed E-state index contributed by atoms with van der Waals surface area (Å²) in [6, 6.07) is 7.04. The summed E-state index contributed by atoms with van der Waals surface area (Å²) in [6.07, 6.45) is 3.89. The molecule has 134 valence electrons. The fourth-order valence-corrected chi connectivity index (χ4v) is 3.85. The summed E-state index contributed by atoms with van der Waals surface area (Å²) in [6.45, 7) is -0.146. The molecule has 1 aromatic carbocycles. The van der Waals surface area contributed by atoms with Crippen molar-refractivity contribution in [3.05, 3.63) is 24.3 Å². The molecule has 0 unspecified atom stereocenters. The first-order valence-corrected chi connectivity index (χ1v) is 9.68. The monoisotopic (exact) mass is 356 g/mol. The Labute approximate surface area is 142 Å². The van der Waals surface area contributed by atoms with Crippen LogP contribution >= 0.6 is 0 Å². The first kappa shape index (κ1) is 18.5. The Bertz CT molecular complexity index is 642. The van der Waals surface area contributed by atoms with Crippen LogP contribution < -0.4 is 19.5 Å². The van der Waals surface area contributed by atoms with E-state index in [1.807, 2.05) is 0 Å². The number of carbonyl (C=O) groups is 1. The van der Waals surface area contributed by atoms with Crippen molar-refractivity contribution in [2.45, 2.75) is 31.7 Å². The Morgan fingerprint density at radius 3 is 2.54 bits per heavy atom. The van der Waals surface area contributed by atoms with Gasteiger partial charge in [-0.1, -0.05) is 25.0 Å². The van der Waals surface area contributed by atoms with Gasteiger partial charge in [0, 0.05) is 12.6 Å². The van der Waals surface area contributed by atoms with Gasteiger partial charge in [-0.25, -0.2) is 13.1 Å². The van der Waals surface area contributed by atoms with Crippen LogP contribution in [0.4, 0.5) is 0 Å². The van der Waals surface area contributed by atoms with E-state index in [4.69, 9.17) is 9.47 Å². The lowest BCUT2D eigenvalue weighted by molar-refractivity contribution is -0.122. The number of carbonyl (C=O) groups excluding carboxylic acids is 1. The van der Waals surface area contributed by atoms with Crippen LogP contribution in [0.3, 0.4) is 0 Å². The maximum Gasteiger partial charge on any atom is 0.257 e. The Kier molecular flexibility index (Phi) is 6.86. The largest absolute Gasteiger partial charge is 0.493 e. The van der Waals surface area contributed by atoms with Gasteiger partial charge < -0.3 is 14.8 Å². The summed E-state index contributed by atoms with van der Waals surface area (Å²) >= 11 is 0. The van der Waals surface area contributed by atoms with Crippen LogP contribution in [0, 0.1) is 0 Å². The van der Waals surface area contributed by atoms with Gasteiger partial charge in [0.05, 0.1) is 12.9 Å². The van der Waals surface area contributed by atoms with Crippen molar-refractivity contribution >= 4 is 15.9 Å². The van der Waals surface area contributed by atoms with Crippen LogP contribution in [0.25, 0.3) is 0 Å². The van der Waals surface area contributed by atoms with Crippen LogP contribution in [-0.2, 0) is 14.8 Å². The highest BCUT2D eigenvalue weighted by molar-refractivity contribution is 7.89. The molecule has 1 fully saturated rings. The molecule has 1 aliphatic rings. The zero-order chi connectivity index (χ0) is 17.4. The van der Waals surface area contributed by atoms with E-state index in [0.29, 0.717) is 11.5 Å². The summed E-state index contributed by atoms with van der Waals surface area (Å²) in [4.78, 5) is 11.8. The van der Waals surface area contributed by atoms with E-state index in [2.05, 4.69) is 10.0 Å². The number of nitrogens with one attached hydrogen (secondary N) is 2. The Morgan fingerprint density at radius 1 is 1.21 bits per heavy atom. The highest BCUT2D eigenvalue weighted by atomic mass is 32.2. The third-order valence-corrected chi connectivity index (χ3v) is 5.26. The standard InChI is InChI=1S/C16H24N2O5S/c1-22-14-8-4-5-9-15(14)23-12-16(19)17-10-11-24(20,21)18-13-6-2-3-7-13/h4-5,8-9,13,18H,2-3,6-7,10-12H2,1H3,(H,17,19). The van der Waals surface area contributed by atoms with E-state index in [1.54, 1.807) is 24.3 Å². The van der Waals surface area contributed by atoms with Gasteiger partial charge in [-0.2, -0.15) is 0 Å². The quantitative estimate of drug-likeness (QED) is 0.690. The van der Waals surface area contributed by atoms with Gasteiger partial charge in [0.25, 0.3) is 5.91 Å². The molecule has 24 heavy (non-hydrogen) atoms. The molecule has 0 aliphatic heterocycles. The molecule has 0 spiro atoms. The third-order valence-electron chi connectivity index (χ3n) is 3.82. The number of methoxy groups -OCH3 is 1. The average molecular weight is 356 g/mol. The van der Waals surface area contributed by atoms with Crippen molar-refractivity contribution in [2.75, 3.05) is 26.0 Å². The Morgan fingerprint density at radius 2 is 1.88 bits per heavy atom. The number of para-hydroxylation sites is 2. The first-order valence-electron chi connectivity index (χ1n) is 8.03. The van der Waals surface area contributed by atoms with E-state index in [9.17, 15) is 13.2 Å². The Hall–Kier alpha value is -1.80. The van der Waals surface area contributed by atoms with Crippen molar-refractivity contribution in [1.29, 1.82) is 0 Å². The lowest BCUT2D eigenvalue weighted by Crippen LogP contribution is -2.39. The lowest BCUT2D eigenvalue weighted by Gasteiger charge is -2.13. The zero-order valence-corrected chi connectivity index (χ0v) is 14.6. The fraction of sp³-hybridized carbons (Fsp3) is 0.562. The van der Waals surface area contributed by atoms with E-state index in [-0.39, 0.29) is 30.9 Å². The number of ether oxygens (including phenoxy) is 2. The van der Waals surface area contributed by atoms with Gasteiger partial charge in [0.2, 0.25) is 10.0 Å². The van der Waals surface area contributed by atoms with Crippen molar-refractivity contribution in [3.8, 4) is 11.5 Å². The highest BCUT2D eigenvalue weighted by Crippen LogP contribution is 2.25. The smallest absolute Gasteiger partial charge is 0.257 e. The minimum atomic E-state index is -3.36. The highest BCUT2D eigenvalue weighted by Gasteiger charge is 2.21. The third kappa shape index (κ3) is 6.01. The van der Waals surface area contributed by atoms with Gasteiger partial charge >= 0.3 is 0 Å². The van der Waals surface area contributed by atoms with E-state index < -0.39 is 10.0 Å². The fourth-order valence-electron chi connectivity index (χ4n) is 2.61. The van der Waals surface area contributed by atoms with Crippen molar-refractivity contribution in [2.24, 2.45) is 0 Å². The SMILES string of the molecule is COc1ccccc1OCC(=O)NCCS(=O)(=O)NC1CCCC1. The van der Waals surface area contributed by atoms with Gasteiger partial charge in [0.1, 0.15) is 0 Å². The van der Waals surface area contributed by atoms with Crippen LogP contribution in [0.15, 0.2) is 24.3 Å². The molecule has 0 saturated heterocycles. The maximum absolute atomic E-state index is 11.9. The van der Waals surface area contributed by atoms with E-state index >= 15 is 0 Å². The molecule has 8 heteroatoms. The number of hydrogen-bond donors (Lipinski definition) is 2. The van der Waals surface area contributed by atoms with E-state index in [0.717, 1.165) is 25.7 Å². The van der Waals surface area contributed by atoms with Crippen molar-refractivity contribution in [1.82, 2.24) is 10.0 Å². The molecule has 7 nitrogen and oxygen atoms in total. The van der Waals surface area contributed by atoms with Crippen LogP contribution in [0.2, 0.25) is 0 Å². The van der Waals surface area contributed by atoms with Crippen LogP contribution in [0.5, 0.6) is 11.5 Å². The minimum Gasteiger partial charge on any atom is -0.493 e. The number of hydrogen-bond acceptors (Lipinski definition) is 5. The number of amides is 1. The molecule has 1 amide bonds.